The maximum absolute atomic E-state index is 13.0. The predicted molar refractivity (Wildman–Crippen MR) is 111 cm³/mol. The Hall–Kier alpha value is -3.15. The third-order valence-electron chi connectivity index (χ3n) is 5.25. The molecule has 1 aromatic heterocycles. The van der Waals surface area contributed by atoms with Crippen LogP contribution in [0.1, 0.15) is 0 Å². The van der Waals surface area contributed by atoms with Gasteiger partial charge >= 0.3 is 0 Å². The van der Waals surface area contributed by atoms with Crippen molar-refractivity contribution in [2.24, 2.45) is 0 Å². The van der Waals surface area contributed by atoms with E-state index in [2.05, 4.69) is 0 Å². The molecule has 32 heavy (non-hydrogen) atoms. The molecule has 0 spiro atoms. The Labute approximate surface area is 181 Å². The number of hydrogen-bond acceptors (Lipinski definition) is 10. The van der Waals surface area contributed by atoms with Gasteiger partial charge in [-0.15, -0.1) is 0 Å². The molecule has 5 N–H and O–H groups in total. The molecule has 1 aliphatic rings. The highest BCUT2D eigenvalue weighted by Gasteiger charge is 2.45. The number of phenolic OH excluding ortho intramolecular Hbond substituents is 1. The van der Waals surface area contributed by atoms with Crippen LogP contribution in [0, 0.1) is 0 Å². The second-order valence-corrected chi connectivity index (χ2v) is 7.34. The fraction of sp³-hybridized carbons (Fsp3) is 0.318. The van der Waals surface area contributed by atoms with Crippen LogP contribution in [0.25, 0.3) is 22.3 Å². The quantitative estimate of drug-likeness (QED) is 0.370. The van der Waals surface area contributed by atoms with Crippen molar-refractivity contribution in [1.29, 1.82) is 0 Å². The van der Waals surface area contributed by atoms with Gasteiger partial charge in [0.05, 0.1) is 13.7 Å². The Morgan fingerprint density at radius 1 is 1.00 bits per heavy atom. The normalized spacial score (nSPS) is 25.6. The number of aromatic hydroxyl groups is 1. The molecule has 170 valence electrons. The zero-order valence-electron chi connectivity index (χ0n) is 16.9. The monoisotopic (exact) mass is 446 g/mol. The lowest BCUT2D eigenvalue weighted by atomic mass is 9.99. The zero-order chi connectivity index (χ0) is 23.0. The summed E-state index contributed by atoms with van der Waals surface area (Å²) in [6, 6.07) is 10.2. The van der Waals surface area contributed by atoms with E-state index < -0.39 is 42.7 Å². The van der Waals surface area contributed by atoms with E-state index in [0.717, 1.165) is 0 Å². The lowest BCUT2D eigenvalue weighted by molar-refractivity contribution is -0.277. The van der Waals surface area contributed by atoms with E-state index in [1.54, 1.807) is 12.1 Å². The maximum Gasteiger partial charge on any atom is 0.229 e. The van der Waals surface area contributed by atoms with Gasteiger partial charge in [-0.25, -0.2) is 0 Å². The van der Waals surface area contributed by atoms with E-state index in [1.165, 1.54) is 37.4 Å². The van der Waals surface area contributed by atoms with E-state index >= 15 is 0 Å². The lowest BCUT2D eigenvalue weighted by Crippen LogP contribution is -2.60. The van der Waals surface area contributed by atoms with Crippen molar-refractivity contribution in [2.45, 2.75) is 30.7 Å². The van der Waals surface area contributed by atoms with Crippen LogP contribution in [-0.4, -0.2) is 70.0 Å². The molecule has 4 rings (SSSR count). The lowest BCUT2D eigenvalue weighted by Gasteiger charge is -2.39. The molecule has 2 unspecified atom stereocenters. The van der Waals surface area contributed by atoms with Crippen molar-refractivity contribution >= 4 is 11.0 Å². The Kier molecular flexibility index (Phi) is 6.04. The van der Waals surface area contributed by atoms with Crippen molar-refractivity contribution in [2.75, 3.05) is 13.7 Å². The van der Waals surface area contributed by atoms with Gasteiger partial charge in [0, 0.05) is 23.8 Å². The molecule has 1 aliphatic heterocycles. The Bertz CT molecular complexity index is 1150. The minimum absolute atomic E-state index is 0.0327. The van der Waals surface area contributed by atoms with Crippen LogP contribution < -0.4 is 14.9 Å². The predicted octanol–water partition coefficient (Wildman–Crippen LogP) is 0.353. The summed E-state index contributed by atoms with van der Waals surface area (Å²) in [5, 5.41) is 49.1. The first-order chi connectivity index (χ1) is 15.3. The van der Waals surface area contributed by atoms with Crippen molar-refractivity contribution < 1.29 is 44.2 Å². The molecule has 1 saturated heterocycles. The molecule has 5 atom stereocenters. The van der Waals surface area contributed by atoms with Gasteiger partial charge in [0.25, 0.3) is 0 Å². The van der Waals surface area contributed by atoms with Crippen molar-refractivity contribution in [1.82, 2.24) is 0 Å². The van der Waals surface area contributed by atoms with Crippen LogP contribution in [0.15, 0.2) is 51.7 Å². The second kappa shape index (κ2) is 8.77. The molecular weight excluding hydrogens is 424 g/mol. The summed E-state index contributed by atoms with van der Waals surface area (Å²) < 4.78 is 22.2. The molecule has 0 radical (unpaired) electrons. The number of benzene rings is 2. The van der Waals surface area contributed by atoms with Crippen molar-refractivity contribution in [3.8, 4) is 28.6 Å². The summed E-state index contributed by atoms with van der Waals surface area (Å²) in [5.74, 6) is 0.543. The number of fused-ring (bicyclic) bond motifs is 1. The summed E-state index contributed by atoms with van der Waals surface area (Å²) in [5.41, 5.74) is 0.220. The van der Waals surface area contributed by atoms with Gasteiger partial charge in [-0.1, -0.05) is 0 Å². The van der Waals surface area contributed by atoms with E-state index in [9.17, 15) is 30.3 Å². The first-order valence-electron chi connectivity index (χ1n) is 9.75. The van der Waals surface area contributed by atoms with Gasteiger partial charge in [0.2, 0.25) is 6.29 Å². The average molecular weight is 446 g/mol. The third kappa shape index (κ3) is 4.01. The van der Waals surface area contributed by atoms with Crippen LogP contribution >= 0.6 is 0 Å². The summed E-state index contributed by atoms with van der Waals surface area (Å²) >= 11 is 0. The van der Waals surface area contributed by atoms with E-state index in [4.69, 9.17) is 18.6 Å². The molecule has 0 saturated carbocycles. The Morgan fingerprint density at radius 2 is 1.72 bits per heavy atom. The van der Waals surface area contributed by atoms with Crippen LogP contribution in [-0.2, 0) is 4.74 Å². The highest BCUT2D eigenvalue weighted by atomic mass is 16.7. The molecule has 0 aliphatic carbocycles. The highest BCUT2D eigenvalue weighted by Crippen LogP contribution is 2.34. The van der Waals surface area contributed by atoms with Crippen LogP contribution in [0.3, 0.4) is 0 Å². The molecule has 2 heterocycles. The molecule has 10 heteroatoms. The van der Waals surface area contributed by atoms with Gasteiger partial charge in [0.15, 0.2) is 5.43 Å². The third-order valence-corrected chi connectivity index (χ3v) is 5.25. The number of rotatable bonds is 5. The Morgan fingerprint density at radius 3 is 2.38 bits per heavy atom. The molecular formula is C22H22O10. The van der Waals surface area contributed by atoms with Gasteiger partial charge in [-0.2, -0.15) is 0 Å². The summed E-state index contributed by atoms with van der Waals surface area (Å²) in [4.78, 5) is 13.0. The first-order valence-corrected chi connectivity index (χ1v) is 9.75. The SMILES string of the molecule is COc1cc(O[C@@H]2OC(CO)[C@@H](O)C(O)[C@@H]2O)c2c(=O)cc(-c3ccc(O)cc3)oc2c1. The molecule has 10 nitrogen and oxygen atoms in total. The number of aliphatic hydroxyl groups is 4. The average Bonchev–Trinajstić information content (AvgIpc) is 2.79. The van der Waals surface area contributed by atoms with Crippen LogP contribution in [0.4, 0.5) is 0 Å². The van der Waals surface area contributed by atoms with E-state index in [0.29, 0.717) is 5.56 Å². The van der Waals surface area contributed by atoms with E-state index in [-0.39, 0.29) is 34.0 Å². The molecule has 1 fully saturated rings. The smallest absolute Gasteiger partial charge is 0.229 e. The van der Waals surface area contributed by atoms with Gasteiger partial charge < -0.3 is 44.2 Å². The van der Waals surface area contributed by atoms with Crippen molar-refractivity contribution in [3.05, 3.63) is 52.7 Å². The molecule has 2 aromatic carbocycles. The van der Waals surface area contributed by atoms with Gasteiger partial charge in [0.1, 0.15) is 58.4 Å². The van der Waals surface area contributed by atoms with Crippen LogP contribution in [0.5, 0.6) is 17.2 Å². The first kappa shape index (κ1) is 22.1. The van der Waals surface area contributed by atoms with Crippen LogP contribution in [0.2, 0.25) is 0 Å². The molecule has 3 aromatic rings. The molecule has 0 bridgehead atoms. The fourth-order valence-electron chi connectivity index (χ4n) is 3.50. The van der Waals surface area contributed by atoms with Gasteiger partial charge in [-0.05, 0) is 24.3 Å². The standard InChI is InChI=1S/C22H22O10/c1-29-12-6-15-18(13(25)8-14(30-15)10-2-4-11(24)5-3-10)16(7-12)31-22-21(28)20(27)19(26)17(9-23)32-22/h2-8,17,19-24,26-28H,9H2,1H3/t17?,19-,20?,21+,22-/m1/s1. The minimum Gasteiger partial charge on any atom is -0.508 e. The number of hydrogen-bond donors (Lipinski definition) is 5. The number of aliphatic hydroxyl groups excluding tert-OH is 4. The minimum atomic E-state index is -1.66. The largest absolute Gasteiger partial charge is 0.508 e. The topological polar surface area (TPSA) is 159 Å². The van der Waals surface area contributed by atoms with Crippen molar-refractivity contribution in [3.63, 3.8) is 0 Å². The second-order valence-electron chi connectivity index (χ2n) is 7.34. The summed E-state index contributed by atoms with van der Waals surface area (Å²) in [6.07, 6.45) is -7.50. The highest BCUT2D eigenvalue weighted by molar-refractivity contribution is 5.86. The number of methoxy groups -OCH3 is 1. The summed E-state index contributed by atoms with van der Waals surface area (Å²) in [6.45, 7) is -0.623. The number of ether oxygens (including phenoxy) is 3. The number of phenols is 1. The van der Waals surface area contributed by atoms with E-state index in [1.807, 2.05) is 0 Å². The van der Waals surface area contributed by atoms with Gasteiger partial charge in [-0.3, -0.25) is 4.79 Å². The maximum atomic E-state index is 13.0. The zero-order valence-corrected chi connectivity index (χ0v) is 16.9. The summed E-state index contributed by atoms with van der Waals surface area (Å²) in [7, 11) is 1.40. The fourth-order valence-corrected chi connectivity index (χ4v) is 3.50. The Balaban J connectivity index is 1.77. The molecule has 0 amide bonds.